The second-order valence-electron chi connectivity index (χ2n) is 3.53. The molecule has 0 aliphatic carbocycles. The summed E-state index contributed by atoms with van der Waals surface area (Å²) >= 11 is 0. The molecule has 0 amide bonds. The van der Waals surface area contributed by atoms with Gasteiger partial charge in [-0.25, -0.2) is 0 Å². The van der Waals surface area contributed by atoms with E-state index >= 15 is 0 Å². The van der Waals surface area contributed by atoms with Gasteiger partial charge in [0, 0.05) is 12.1 Å². The number of hydrogen-bond donors (Lipinski definition) is 2. The first-order valence-electron chi connectivity index (χ1n) is 5.05. The fraction of sp³-hybridized carbons (Fsp3) is 0. The Labute approximate surface area is 98.3 Å². The SMILES string of the molecule is [O-][N+](=Cc1ccccc1O)c1ccc(O)cc1. The number of phenolic OH excluding ortho intramolecular Hbond substituents is 2. The normalized spacial score (nSPS) is 11.4. The maximum atomic E-state index is 11.7. The zero-order chi connectivity index (χ0) is 12.3. The Bertz CT molecular complexity index is 547. The Hall–Kier alpha value is -2.49. The minimum atomic E-state index is 0.0483. The molecular formula is C13H11NO3. The van der Waals surface area contributed by atoms with Crippen molar-refractivity contribution < 1.29 is 15.0 Å². The Kier molecular flexibility index (Phi) is 2.96. The third kappa shape index (κ3) is 2.55. The topological polar surface area (TPSA) is 66.5 Å². The predicted octanol–water partition coefficient (Wildman–Crippen LogP) is 2.36. The molecule has 0 fully saturated rings. The molecule has 86 valence electrons. The van der Waals surface area contributed by atoms with Crippen molar-refractivity contribution in [3.05, 3.63) is 59.3 Å². The lowest BCUT2D eigenvalue weighted by Crippen LogP contribution is -1.98. The lowest BCUT2D eigenvalue weighted by molar-refractivity contribution is -0.354. The molecule has 2 rings (SSSR count). The van der Waals surface area contributed by atoms with Gasteiger partial charge in [0.25, 0.3) is 0 Å². The molecule has 2 N–H and O–H groups in total. The first-order chi connectivity index (χ1) is 8.16. The summed E-state index contributed by atoms with van der Waals surface area (Å²) < 4.78 is 0.633. The molecule has 0 bridgehead atoms. The maximum absolute atomic E-state index is 11.7. The van der Waals surface area contributed by atoms with E-state index in [1.807, 2.05) is 0 Å². The van der Waals surface area contributed by atoms with E-state index in [0.29, 0.717) is 16.0 Å². The van der Waals surface area contributed by atoms with Crippen molar-refractivity contribution in [3.63, 3.8) is 0 Å². The molecular weight excluding hydrogens is 218 g/mol. The molecule has 0 heterocycles. The summed E-state index contributed by atoms with van der Waals surface area (Å²) in [6.45, 7) is 0. The largest absolute Gasteiger partial charge is 0.618 e. The van der Waals surface area contributed by atoms with Crippen molar-refractivity contribution in [2.75, 3.05) is 0 Å². The highest BCUT2D eigenvalue weighted by atomic mass is 16.5. The van der Waals surface area contributed by atoms with Crippen LogP contribution in [0.25, 0.3) is 0 Å². The van der Waals surface area contributed by atoms with Crippen LogP contribution in [0.1, 0.15) is 5.56 Å². The van der Waals surface area contributed by atoms with Crippen LogP contribution in [0.15, 0.2) is 48.5 Å². The molecule has 2 aromatic carbocycles. The highest BCUT2D eigenvalue weighted by Crippen LogP contribution is 2.18. The van der Waals surface area contributed by atoms with Gasteiger partial charge in [-0.2, -0.15) is 4.74 Å². The van der Waals surface area contributed by atoms with Gasteiger partial charge in [-0.15, -0.1) is 0 Å². The van der Waals surface area contributed by atoms with E-state index in [4.69, 9.17) is 5.11 Å². The third-order valence-corrected chi connectivity index (χ3v) is 2.30. The number of hydrogen-bond acceptors (Lipinski definition) is 3. The van der Waals surface area contributed by atoms with Crippen LogP contribution in [0.2, 0.25) is 0 Å². The van der Waals surface area contributed by atoms with Crippen LogP contribution in [-0.4, -0.2) is 21.2 Å². The summed E-state index contributed by atoms with van der Waals surface area (Å²) in [6, 6.07) is 12.4. The fourth-order valence-corrected chi connectivity index (χ4v) is 1.40. The number of rotatable bonds is 2. The second kappa shape index (κ2) is 4.57. The van der Waals surface area contributed by atoms with Crippen molar-refractivity contribution in [2.24, 2.45) is 0 Å². The van der Waals surface area contributed by atoms with Gasteiger partial charge in [0.05, 0.1) is 5.56 Å². The second-order valence-corrected chi connectivity index (χ2v) is 3.53. The number of aromatic hydroxyl groups is 2. The Morgan fingerprint density at radius 1 is 0.941 bits per heavy atom. The smallest absolute Gasteiger partial charge is 0.216 e. The number of para-hydroxylation sites is 1. The molecule has 0 aliphatic heterocycles. The van der Waals surface area contributed by atoms with Crippen LogP contribution >= 0.6 is 0 Å². The summed E-state index contributed by atoms with van der Waals surface area (Å²) in [5.74, 6) is 0.150. The van der Waals surface area contributed by atoms with E-state index in [0.717, 1.165) is 0 Å². The van der Waals surface area contributed by atoms with Gasteiger partial charge in [-0.05, 0) is 24.3 Å². The van der Waals surface area contributed by atoms with E-state index in [9.17, 15) is 10.3 Å². The van der Waals surface area contributed by atoms with Crippen molar-refractivity contribution in [2.45, 2.75) is 0 Å². The summed E-state index contributed by atoms with van der Waals surface area (Å²) in [5.41, 5.74) is 0.821. The molecule has 0 radical (unpaired) electrons. The van der Waals surface area contributed by atoms with Crippen molar-refractivity contribution in [3.8, 4) is 11.5 Å². The highest BCUT2D eigenvalue weighted by molar-refractivity contribution is 5.80. The molecule has 4 heteroatoms. The van der Waals surface area contributed by atoms with Crippen molar-refractivity contribution >= 4 is 11.9 Å². The molecule has 0 spiro atoms. The van der Waals surface area contributed by atoms with E-state index < -0.39 is 0 Å². The first-order valence-corrected chi connectivity index (χ1v) is 5.05. The first kappa shape index (κ1) is 11.0. The predicted molar refractivity (Wildman–Crippen MR) is 64.7 cm³/mol. The zero-order valence-electron chi connectivity index (χ0n) is 8.95. The molecule has 4 nitrogen and oxygen atoms in total. The van der Waals surface area contributed by atoms with Crippen LogP contribution in [0.3, 0.4) is 0 Å². The summed E-state index contributed by atoms with van der Waals surface area (Å²) in [7, 11) is 0. The molecule has 2 aromatic rings. The lowest BCUT2D eigenvalue weighted by Gasteiger charge is -2.03. The fourth-order valence-electron chi connectivity index (χ4n) is 1.40. The van der Waals surface area contributed by atoms with E-state index in [2.05, 4.69) is 0 Å². The van der Waals surface area contributed by atoms with Crippen LogP contribution in [0.5, 0.6) is 11.5 Å². The Balaban J connectivity index is 2.34. The minimum Gasteiger partial charge on any atom is -0.618 e. The summed E-state index contributed by atoms with van der Waals surface area (Å²) in [5, 5.41) is 30.4. The molecule has 0 aliphatic rings. The minimum absolute atomic E-state index is 0.0483. The highest BCUT2D eigenvalue weighted by Gasteiger charge is 2.04. The third-order valence-electron chi connectivity index (χ3n) is 2.30. The molecule has 0 atom stereocenters. The van der Waals surface area contributed by atoms with E-state index in [-0.39, 0.29) is 11.5 Å². The standard InChI is InChI=1S/C13H11NO3/c15-12-7-5-11(6-8-12)14(17)9-10-3-1-2-4-13(10)16/h1-9,15-16H. The monoisotopic (exact) mass is 229 g/mol. The average molecular weight is 229 g/mol. The Morgan fingerprint density at radius 3 is 2.24 bits per heavy atom. The van der Waals surface area contributed by atoms with Crippen molar-refractivity contribution in [1.82, 2.24) is 0 Å². The quantitative estimate of drug-likeness (QED) is 0.359. The number of phenols is 2. The summed E-state index contributed by atoms with van der Waals surface area (Å²) in [6.07, 6.45) is 1.28. The number of nitrogens with zero attached hydrogens (tertiary/aromatic N) is 1. The van der Waals surface area contributed by atoms with Crippen LogP contribution in [0, 0.1) is 5.21 Å². The summed E-state index contributed by atoms with van der Waals surface area (Å²) in [4.78, 5) is 0. The molecule has 0 saturated carbocycles. The van der Waals surface area contributed by atoms with Gasteiger partial charge in [-0.1, -0.05) is 12.1 Å². The van der Waals surface area contributed by atoms with E-state index in [1.54, 1.807) is 18.2 Å². The van der Waals surface area contributed by atoms with Crippen LogP contribution in [-0.2, 0) is 0 Å². The molecule has 0 aromatic heterocycles. The Morgan fingerprint density at radius 2 is 1.59 bits per heavy atom. The van der Waals surface area contributed by atoms with Gasteiger partial charge < -0.3 is 15.4 Å². The van der Waals surface area contributed by atoms with Crippen LogP contribution in [0.4, 0.5) is 5.69 Å². The van der Waals surface area contributed by atoms with Gasteiger partial charge in [-0.3, -0.25) is 0 Å². The van der Waals surface area contributed by atoms with Crippen LogP contribution < -0.4 is 0 Å². The number of benzene rings is 2. The van der Waals surface area contributed by atoms with Gasteiger partial charge in [0.2, 0.25) is 5.69 Å². The zero-order valence-corrected chi connectivity index (χ0v) is 8.95. The lowest BCUT2D eigenvalue weighted by atomic mass is 10.2. The van der Waals surface area contributed by atoms with Gasteiger partial charge in [0.1, 0.15) is 11.5 Å². The van der Waals surface area contributed by atoms with E-state index in [1.165, 1.54) is 36.5 Å². The average Bonchev–Trinajstić information content (AvgIpc) is 2.33. The maximum Gasteiger partial charge on any atom is 0.216 e. The molecule has 17 heavy (non-hydrogen) atoms. The van der Waals surface area contributed by atoms with Crippen molar-refractivity contribution in [1.29, 1.82) is 0 Å². The molecule has 0 saturated heterocycles. The molecule has 0 unspecified atom stereocenters. The van der Waals surface area contributed by atoms with Gasteiger partial charge >= 0.3 is 0 Å². The van der Waals surface area contributed by atoms with Gasteiger partial charge in [0.15, 0.2) is 6.21 Å².